The maximum Gasteiger partial charge on any atom is 0.135 e. The summed E-state index contributed by atoms with van der Waals surface area (Å²) < 4.78 is 29.4. The zero-order valence-electron chi connectivity index (χ0n) is 21.1. The molecule has 5 aliphatic rings. The number of fused-ring (bicyclic) bond motifs is 2. The smallest absolute Gasteiger partial charge is 0.135 e. The molecule has 9 heteroatoms. The molecule has 11 atom stereocenters. The Morgan fingerprint density at radius 2 is 1.69 bits per heavy atom. The highest BCUT2D eigenvalue weighted by Crippen LogP contribution is 2.40. The molecule has 36 heavy (non-hydrogen) atoms. The van der Waals surface area contributed by atoms with Crippen LogP contribution >= 0.6 is 0 Å². The first kappa shape index (κ1) is 26.4. The van der Waals surface area contributed by atoms with Gasteiger partial charge in [-0.3, -0.25) is 9.59 Å². The summed E-state index contributed by atoms with van der Waals surface area (Å²) in [6, 6.07) is 0. The number of aliphatic hydroxyl groups excluding tert-OH is 2. The molecule has 2 unspecified atom stereocenters. The molecule has 5 rings (SSSR count). The lowest BCUT2D eigenvalue weighted by molar-refractivity contribution is -0.259. The van der Waals surface area contributed by atoms with E-state index in [1.807, 2.05) is 6.92 Å². The van der Waals surface area contributed by atoms with Gasteiger partial charge in [-0.25, -0.2) is 0 Å². The number of hydrogen-bond acceptors (Lipinski definition) is 9. The van der Waals surface area contributed by atoms with Gasteiger partial charge in [-0.2, -0.15) is 0 Å². The van der Waals surface area contributed by atoms with Gasteiger partial charge in [-0.15, -0.1) is 0 Å². The highest BCUT2D eigenvalue weighted by Gasteiger charge is 2.57. The van der Waals surface area contributed by atoms with Gasteiger partial charge in [0, 0.05) is 38.9 Å². The Morgan fingerprint density at radius 1 is 0.889 bits per heavy atom. The Bertz CT molecular complexity index is 824. The number of hydrogen-bond donors (Lipinski definition) is 2. The number of ketones is 2. The first-order valence-electron chi connectivity index (χ1n) is 13.5. The summed E-state index contributed by atoms with van der Waals surface area (Å²) in [5.74, 6) is 0.437. The van der Waals surface area contributed by atoms with Crippen LogP contribution in [0.2, 0.25) is 0 Å². The van der Waals surface area contributed by atoms with Crippen LogP contribution in [0.25, 0.3) is 0 Å². The average Bonchev–Trinajstić information content (AvgIpc) is 3.54. The zero-order valence-corrected chi connectivity index (χ0v) is 21.1. The molecule has 0 bridgehead atoms. The quantitative estimate of drug-likeness (QED) is 0.448. The highest BCUT2D eigenvalue weighted by atomic mass is 16.6. The summed E-state index contributed by atoms with van der Waals surface area (Å²) in [5.41, 5.74) is 1.05. The second-order valence-corrected chi connectivity index (χ2v) is 11.3. The molecule has 0 radical (unpaired) electrons. The minimum atomic E-state index is -0.996. The minimum absolute atomic E-state index is 0.00482. The second-order valence-electron chi connectivity index (χ2n) is 11.3. The van der Waals surface area contributed by atoms with E-state index >= 15 is 0 Å². The molecule has 5 fully saturated rings. The Labute approximate surface area is 212 Å². The fourth-order valence-electron chi connectivity index (χ4n) is 6.36. The Morgan fingerprint density at radius 3 is 2.42 bits per heavy atom. The molecule has 202 valence electrons. The predicted molar refractivity (Wildman–Crippen MR) is 127 cm³/mol. The van der Waals surface area contributed by atoms with E-state index in [-0.39, 0.29) is 42.4 Å². The molecule has 0 saturated carbocycles. The third kappa shape index (κ3) is 5.77. The van der Waals surface area contributed by atoms with Crippen LogP contribution in [0.15, 0.2) is 12.2 Å². The van der Waals surface area contributed by atoms with Crippen molar-refractivity contribution >= 4 is 11.6 Å². The molecule has 9 nitrogen and oxygen atoms in total. The first-order chi connectivity index (χ1) is 17.3. The molecule has 0 spiro atoms. The summed E-state index contributed by atoms with van der Waals surface area (Å²) in [6.45, 7) is 7.32. The number of Topliss-reactive ketones (excluding diaryl/α,β-unsaturated/α-hetero) is 2. The Balaban J connectivity index is 1.10. The maximum atomic E-state index is 12.6. The van der Waals surface area contributed by atoms with Gasteiger partial charge in [0.15, 0.2) is 0 Å². The third-order valence-corrected chi connectivity index (χ3v) is 8.50. The van der Waals surface area contributed by atoms with E-state index in [2.05, 4.69) is 6.58 Å². The molecular formula is C27H40O9. The van der Waals surface area contributed by atoms with Gasteiger partial charge in [0.2, 0.25) is 0 Å². The van der Waals surface area contributed by atoms with Gasteiger partial charge in [-0.1, -0.05) is 6.58 Å². The summed E-state index contributed by atoms with van der Waals surface area (Å²) in [4.78, 5) is 25.2. The topological polar surface area (TPSA) is 121 Å². The SMILES string of the molecule is C=C1C[C@H](CCC(=O)C[C@H]2O[C@@H]3C(O[C@H]4CC[C@H](CC(=O)C[C@@H]5CCOC5)OC4[C@@H]3O)[C@H]2O)O[C@H]1C. The van der Waals surface area contributed by atoms with Crippen LogP contribution in [0, 0.1) is 5.92 Å². The van der Waals surface area contributed by atoms with E-state index < -0.39 is 36.6 Å². The van der Waals surface area contributed by atoms with E-state index in [0.29, 0.717) is 51.0 Å². The van der Waals surface area contributed by atoms with Gasteiger partial charge in [0.05, 0.1) is 30.5 Å². The molecule has 5 heterocycles. The van der Waals surface area contributed by atoms with Crippen LogP contribution in [0.5, 0.6) is 0 Å². The first-order valence-corrected chi connectivity index (χ1v) is 13.5. The number of carbonyl (C=O) groups excluding carboxylic acids is 2. The van der Waals surface area contributed by atoms with Crippen molar-refractivity contribution in [2.75, 3.05) is 13.2 Å². The number of rotatable bonds is 9. The number of carbonyl (C=O) groups is 2. The zero-order chi connectivity index (χ0) is 25.4. The van der Waals surface area contributed by atoms with Crippen molar-refractivity contribution in [1.82, 2.24) is 0 Å². The van der Waals surface area contributed by atoms with Gasteiger partial charge in [0.1, 0.15) is 42.1 Å². The minimum Gasteiger partial charge on any atom is -0.388 e. The number of aliphatic hydroxyl groups is 2. The molecule has 2 N–H and O–H groups in total. The van der Waals surface area contributed by atoms with Crippen LogP contribution in [-0.2, 0) is 33.3 Å². The lowest BCUT2D eigenvalue weighted by Crippen LogP contribution is -2.61. The average molecular weight is 509 g/mol. The molecular weight excluding hydrogens is 468 g/mol. The van der Waals surface area contributed by atoms with E-state index in [9.17, 15) is 19.8 Å². The van der Waals surface area contributed by atoms with E-state index in [4.69, 9.17) is 23.7 Å². The molecule has 5 aliphatic heterocycles. The molecule has 0 amide bonds. The predicted octanol–water partition coefficient (Wildman–Crippen LogP) is 1.65. The van der Waals surface area contributed by atoms with Gasteiger partial charge in [0.25, 0.3) is 0 Å². The number of ether oxygens (including phenoxy) is 5. The van der Waals surface area contributed by atoms with Crippen molar-refractivity contribution in [3.63, 3.8) is 0 Å². The standard InChI is InChI=1S/C27H40O9/c1-14-9-19(33-15(14)2)4-3-17(28)12-22-23(30)26-27(36-22)24(31)25-21(35-26)6-5-20(34-25)11-18(29)10-16-7-8-32-13-16/h15-16,19-27,30-31H,1,3-13H2,2H3/t15-,16-,19-,20+,21-,22+,23-,24-,25?,26?,27-/m0/s1. The van der Waals surface area contributed by atoms with Crippen LogP contribution in [0.1, 0.15) is 64.7 Å². The van der Waals surface area contributed by atoms with Crippen molar-refractivity contribution in [2.45, 2.75) is 126 Å². The summed E-state index contributed by atoms with van der Waals surface area (Å²) in [5, 5.41) is 21.9. The maximum absolute atomic E-state index is 12.6. The fourth-order valence-corrected chi connectivity index (χ4v) is 6.36. The van der Waals surface area contributed by atoms with Gasteiger partial charge < -0.3 is 33.9 Å². The third-order valence-electron chi connectivity index (χ3n) is 8.50. The van der Waals surface area contributed by atoms with Gasteiger partial charge >= 0.3 is 0 Å². The van der Waals surface area contributed by atoms with E-state index in [0.717, 1.165) is 25.0 Å². The highest BCUT2D eigenvalue weighted by molar-refractivity contribution is 5.79. The van der Waals surface area contributed by atoms with Crippen molar-refractivity contribution in [1.29, 1.82) is 0 Å². The summed E-state index contributed by atoms with van der Waals surface area (Å²) in [7, 11) is 0. The lowest BCUT2D eigenvalue weighted by atomic mass is 9.87. The summed E-state index contributed by atoms with van der Waals surface area (Å²) >= 11 is 0. The van der Waals surface area contributed by atoms with E-state index in [1.54, 1.807) is 0 Å². The fraction of sp³-hybridized carbons (Fsp3) is 0.852. The Hall–Kier alpha value is -1.20. The normalized spacial score (nSPS) is 44.4. The molecule has 0 aromatic carbocycles. The van der Waals surface area contributed by atoms with Gasteiger partial charge in [-0.05, 0) is 50.5 Å². The van der Waals surface area contributed by atoms with E-state index in [1.165, 1.54) is 0 Å². The lowest BCUT2D eigenvalue weighted by Gasteiger charge is -2.46. The van der Waals surface area contributed by atoms with Crippen molar-refractivity contribution in [3.8, 4) is 0 Å². The monoisotopic (exact) mass is 508 g/mol. The molecule has 0 aliphatic carbocycles. The Kier molecular flexibility index (Phi) is 8.27. The second kappa shape index (κ2) is 11.3. The summed E-state index contributed by atoms with van der Waals surface area (Å²) in [6.07, 6.45) is -0.612. The van der Waals surface area contributed by atoms with Crippen LogP contribution < -0.4 is 0 Å². The van der Waals surface area contributed by atoms with Crippen molar-refractivity contribution < 1.29 is 43.5 Å². The molecule has 0 aromatic heterocycles. The molecule has 5 saturated heterocycles. The largest absolute Gasteiger partial charge is 0.388 e. The molecule has 0 aromatic rings. The van der Waals surface area contributed by atoms with Crippen LogP contribution in [0.4, 0.5) is 0 Å². The van der Waals surface area contributed by atoms with Crippen LogP contribution in [0.3, 0.4) is 0 Å². The van der Waals surface area contributed by atoms with Crippen LogP contribution in [-0.4, -0.2) is 96.0 Å². The van der Waals surface area contributed by atoms with Crippen molar-refractivity contribution in [3.05, 3.63) is 12.2 Å². The van der Waals surface area contributed by atoms with Crippen molar-refractivity contribution in [2.24, 2.45) is 5.92 Å².